The molecule has 0 saturated carbocycles. The number of hydrogen-bond acceptors (Lipinski definition) is 7. The number of aromatic amines is 1. The molecular formula is C21H17N9O. The van der Waals surface area contributed by atoms with Gasteiger partial charge in [-0.3, -0.25) is 10.1 Å². The Hall–Kier alpha value is -4.43. The molecule has 0 unspecified atom stereocenters. The summed E-state index contributed by atoms with van der Waals surface area (Å²) in [5, 5.41) is 16.5. The zero-order chi connectivity index (χ0) is 21.0. The van der Waals surface area contributed by atoms with Gasteiger partial charge in [-0.25, -0.2) is 9.97 Å². The number of nitrogens with zero attached hydrogens (tertiary/aromatic N) is 7. The van der Waals surface area contributed by atoms with Gasteiger partial charge in [0.2, 0.25) is 0 Å². The van der Waals surface area contributed by atoms with Gasteiger partial charge in [-0.15, -0.1) is 0 Å². The molecule has 0 amide bonds. The van der Waals surface area contributed by atoms with Crippen molar-refractivity contribution < 1.29 is 4.42 Å². The lowest BCUT2D eigenvalue weighted by molar-refractivity contribution is 0.624. The number of benzene rings is 1. The number of aryl methyl sites for hydroxylation is 1. The van der Waals surface area contributed by atoms with Gasteiger partial charge < -0.3 is 9.73 Å². The van der Waals surface area contributed by atoms with E-state index in [-0.39, 0.29) is 0 Å². The van der Waals surface area contributed by atoms with Crippen LogP contribution in [-0.2, 0) is 6.42 Å². The molecule has 4 heterocycles. The lowest BCUT2D eigenvalue weighted by atomic mass is 10.1. The van der Waals surface area contributed by atoms with E-state index in [9.17, 15) is 0 Å². The van der Waals surface area contributed by atoms with Crippen LogP contribution in [0.15, 0.2) is 64.7 Å². The second-order valence-corrected chi connectivity index (χ2v) is 6.84. The minimum atomic E-state index is 0.432. The fourth-order valence-electron chi connectivity index (χ4n) is 3.57. The lowest BCUT2D eigenvalue weighted by Gasteiger charge is -2.09. The average Bonchev–Trinajstić information content (AvgIpc) is 3.40. The number of azide groups is 1. The predicted molar refractivity (Wildman–Crippen MR) is 117 cm³/mol. The van der Waals surface area contributed by atoms with Crippen LogP contribution in [-0.4, -0.2) is 31.7 Å². The van der Waals surface area contributed by atoms with Crippen molar-refractivity contribution in [2.45, 2.75) is 12.8 Å². The molecule has 5 rings (SSSR count). The number of hydrogen-bond donors (Lipinski definition) is 2. The molecule has 0 aliphatic carbocycles. The number of anilines is 2. The van der Waals surface area contributed by atoms with E-state index in [0.717, 1.165) is 39.8 Å². The zero-order valence-electron chi connectivity index (χ0n) is 16.4. The molecular weight excluding hydrogens is 394 g/mol. The normalized spacial score (nSPS) is 11.0. The van der Waals surface area contributed by atoms with Crippen LogP contribution in [0.1, 0.15) is 12.1 Å². The van der Waals surface area contributed by atoms with Crippen LogP contribution in [0.4, 0.5) is 11.4 Å². The van der Waals surface area contributed by atoms with Crippen molar-refractivity contribution in [3.63, 3.8) is 0 Å². The van der Waals surface area contributed by atoms with E-state index in [1.165, 1.54) is 0 Å². The van der Waals surface area contributed by atoms with Gasteiger partial charge >= 0.3 is 0 Å². The molecule has 2 N–H and O–H groups in total. The maximum atomic E-state index is 8.49. The van der Waals surface area contributed by atoms with E-state index < -0.39 is 0 Å². The fourth-order valence-corrected chi connectivity index (χ4v) is 3.57. The van der Waals surface area contributed by atoms with E-state index in [4.69, 9.17) is 9.95 Å². The Labute approximate surface area is 176 Å². The van der Waals surface area contributed by atoms with Crippen molar-refractivity contribution in [2.24, 2.45) is 5.11 Å². The highest BCUT2D eigenvalue weighted by Gasteiger charge is 2.20. The number of rotatable bonds is 7. The smallest absolute Gasteiger partial charge is 0.197 e. The van der Waals surface area contributed by atoms with Gasteiger partial charge in [-0.1, -0.05) is 11.2 Å². The van der Waals surface area contributed by atoms with Crippen molar-refractivity contribution in [2.75, 3.05) is 11.9 Å². The van der Waals surface area contributed by atoms with Crippen LogP contribution in [0, 0.1) is 0 Å². The highest BCUT2D eigenvalue weighted by atomic mass is 16.3. The quantitative estimate of drug-likeness (QED) is 0.164. The summed E-state index contributed by atoms with van der Waals surface area (Å²) in [7, 11) is 0. The van der Waals surface area contributed by atoms with Crippen LogP contribution < -0.4 is 5.32 Å². The van der Waals surface area contributed by atoms with Crippen LogP contribution in [0.3, 0.4) is 0 Å². The first kappa shape index (κ1) is 18.6. The maximum absolute atomic E-state index is 8.49. The SMILES string of the molecule is [N-]=[N+]=NCCCc1[nH]nc2cccc(Nc3c(-c4ncccn4)oc4cnccc34)c12. The molecule has 0 atom stereocenters. The number of pyridine rings is 1. The van der Waals surface area contributed by atoms with Gasteiger partial charge in [0.25, 0.3) is 0 Å². The van der Waals surface area contributed by atoms with Gasteiger partial charge in [0.15, 0.2) is 17.2 Å². The van der Waals surface area contributed by atoms with Crippen LogP contribution in [0.5, 0.6) is 0 Å². The number of aromatic nitrogens is 5. The van der Waals surface area contributed by atoms with Crippen LogP contribution in [0.25, 0.3) is 43.9 Å². The average molecular weight is 411 g/mol. The number of furan rings is 1. The molecule has 0 aliphatic heterocycles. The Morgan fingerprint density at radius 2 is 2.03 bits per heavy atom. The molecule has 152 valence electrons. The summed E-state index contributed by atoms with van der Waals surface area (Å²) in [6.45, 7) is 0.432. The summed E-state index contributed by atoms with van der Waals surface area (Å²) in [4.78, 5) is 15.7. The Balaban J connectivity index is 1.60. The van der Waals surface area contributed by atoms with Gasteiger partial charge in [-0.2, -0.15) is 5.10 Å². The van der Waals surface area contributed by atoms with Crippen molar-refractivity contribution in [3.8, 4) is 11.6 Å². The molecule has 0 bridgehead atoms. The monoisotopic (exact) mass is 411 g/mol. The van der Waals surface area contributed by atoms with Gasteiger partial charge in [0.05, 0.1) is 17.4 Å². The summed E-state index contributed by atoms with van der Waals surface area (Å²) >= 11 is 0. The third-order valence-corrected chi connectivity index (χ3v) is 4.93. The molecule has 0 spiro atoms. The van der Waals surface area contributed by atoms with E-state index >= 15 is 0 Å². The third-order valence-electron chi connectivity index (χ3n) is 4.93. The second kappa shape index (κ2) is 8.13. The molecule has 10 heteroatoms. The van der Waals surface area contributed by atoms with E-state index in [1.54, 1.807) is 30.9 Å². The maximum Gasteiger partial charge on any atom is 0.197 e. The summed E-state index contributed by atoms with van der Waals surface area (Å²) in [5.74, 6) is 1.02. The number of nitrogens with one attached hydrogen (secondary N) is 2. The van der Waals surface area contributed by atoms with E-state index in [2.05, 4.69) is 40.5 Å². The highest BCUT2D eigenvalue weighted by molar-refractivity contribution is 6.03. The molecule has 0 aliphatic rings. The molecule has 10 nitrogen and oxygen atoms in total. The van der Waals surface area contributed by atoms with Crippen LogP contribution in [0.2, 0.25) is 0 Å². The van der Waals surface area contributed by atoms with Crippen molar-refractivity contribution >= 4 is 33.2 Å². The fraction of sp³-hybridized carbons (Fsp3) is 0.143. The summed E-state index contributed by atoms with van der Waals surface area (Å²) in [5.41, 5.74) is 12.6. The first-order chi connectivity index (χ1) is 15.3. The second-order valence-electron chi connectivity index (χ2n) is 6.84. The molecule has 4 aromatic heterocycles. The Bertz CT molecular complexity index is 1400. The molecule has 31 heavy (non-hydrogen) atoms. The van der Waals surface area contributed by atoms with Gasteiger partial charge in [-0.05, 0) is 42.6 Å². The van der Waals surface area contributed by atoms with E-state index in [1.807, 2.05) is 24.3 Å². The Morgan fingerprint density at radius 3 is 2.90 bits per heavy atom. The summed E-state index contributed by atoms with van der Waals surface area (Å²) in [6, 6.07) is 9.54. The number of fused-ring (bicyclic) bond motifs is 2. The standard InChI is InChI=1S/C21H17N9O/c22-30-26-10-2-6-16-18-14(4-1-5-15(18)28-29-16)27-19-13-7-11-23-12-17(13)31-20(19)21-24-8-3-9-25-21/h1,3-5,7-9,11-12,27H,2,6,10H2,(H,28,29). The largest absolute Gasteiger partial charge is 0.449 e. The highest BCUT2D eigenvalue weighted by Crippen LogP contribution is 2.39. The lowest BCUT2D eigenvalue weighted by Crippen LogP contribution is -1.96. The van der Waals surface area contributed by atoms with Gasteiger partial charge in [0.1, 0.15) is 0 Å². The number of H-pyrrole nitrogens is 1. The van der Waals surface area contributed by atoms with Crippen molar-refractivity contribution in [3.05, 3.63) is 71.3 Å². The Morgan fingerprint density at radius 1 is 1.13 bits per heavy atom. The first-order valence-electron chi connectivity index (χ1n) is 9.73. The predicted octanol–water partition coefficient (Wildman–Crippen LogP) is 5.15. The summed E-state index contributed by atoms with van der Waals surface area (Å²) < 4.78 is 6.05. The van der Waals surface area contributed by atoms with E-state index in [0.29, 0.717) is 30.1 Å². The first-order valence-corrected chi connectivity index (χ1v) is 9.73. The van der Waals surface area contributed by atoms with Crippen LogP contribution >= 0.6 is 0 Å². The molecule has 1 aromatic carbocycles. The molecule has 0 saturated heterocycles. The third kappa shape index (κ3) is 3.52. The Kier molecular flexibility index (Phi) is 4.88. The minimum Gasteiger partial charge on any atom is -0.449 e. The van der Waals surface area contributed by atoms with Crippen molar-refractivity contribution in [1.29, 1.82) is 0 Å². The molecule has 0 radical (unpaired) electrons. The zero-order valence-corrected chi connectivity index (χ0v) is 16.4. The molecule has 5 aromatic rings. The molecule has 0 fully saturated rings. The minimum absolute atomic E-state index is 0.432. The van der Waals surface area contributed by atoms with Crippen molar-refractivity contribution in [1.82, 2.24) is 25.1 Å². The topological polar surface area (TPSA) is 141 Å². The summed E-state index contributed by atoms with van der Waals surface area (Å²) in [6.07, 6.45) is 8.18. The van der Waals surface area contributed by atoms with Gasteiger partial charge in [0, 0.05) is 52.2 Å².